The van der Waals surface area contributed by atoms with Crippen LogP contribution in [-0.2, 0) is 19.1 Å². The number of carbonyl (C=O) groups is 2. The van der Waals surface area contributed by atoms with Gasteiger partial charge in [-0.2, -0.15) is 0 Å². The molecule has 1 fully saturated rings. The zero-order chi connectivity index (χ0) is 43.6. The lowest BCUT2D eigenvalue weighted by atomic mass is 9.94. The summed E-state index contributed by atoms with van der Waals surface area (Å²) in [6, 6.07) is 0. The molecule has 0 saturated carbocycles. The van der Waals surface area contributed by atoms with Crippen LogP contribution < -0.4 is 0 Å². The zero-order valence-electron chi connectivity index (χ0n) is 41.2. The number of hydrogen-bond donors (Lipinski definition) is 0. The van der Waals surface area contributed by atoms with Gasteiger partial charge >= 0.3 is 11.9 Å². The predicted octanol–water partition coefficient (Wildman–Crippen LogP) is 14.2. The van der Waals surface area contributed by atoms with Crippen molar-refractivity contribution in [1.82, 2.24) is 14.7 Å². The minimum Gasteiger partial charge on any atom is -0.465 e. The average molecular weight is 848 g/mol. The third kappa shape index (κ3) is 34.3. The highest BCUT2D eigenvalue weighted by Gasteiger charge is 2.21. The molecule has 60 heavy (non-hydrogen) atoms. The van der Waals surface area contributed by atoms with Crippen molar-refractivity contribution < 1.29 is 19.1 Å². The minimum atomic E-state index is 0.0754. The number of piperazine rings is 1. The fourth-order valence-corrected chi connectivity index (χ4v) is 8.98. The van der Waals surface area contributed by atoms with E-state index in [-0.39, 0.29) is 23.8 Å². The van der Waals surface area contributed by atoms with Gasteiger partial charge in [0, 0.05) is 26.2 Å². The van der Waals surface area contributed by atoms with Crippen LogP contribution in [0.1, 0.15) is 246 Å². The highest BCUT2D eigenvalue weighted by atomic mass is 16.5. The van der Waals surface area contributed by atoms with E-state index < -0.39 is 0 Å². The van der Waals surface area contributed by atoms with Crippen LogP contribution in [0.15, 0.2) is 0 Å². The molecule has 7 nitrogen and oxygen atoms in total. The molecule has 0 aliphatic carbocycles. The van der Waals surface area contributed by atoms with E-state index in [0.29, 0.717) is 13.2 Å². The Kier molecular flexibility index (Phi) is 40.8. The zero-order valence-corrected chi connectivity index (χ0v) is 41.2. The molecule has 1 aliphatic heterocycles. The van der Waals surface area contributed by atoms with Crippen LogP contribution in [-0.4, -0.2) is 99.3 Å². The fraction of sp³-hybridized carbons (Fsp3) is 0.962. The van der Waals surface area contributed by atoms with Crippen molar-refractivity contribution in [2.45, 2.75) is 246 Å². The van der Waals surface area contributed by atoms with E-state index in [9.17, 15) is 9.59 Å². The number of carbonyl (C=O) groups excluding carboxylic acids is 2. The van der Waals surface area contributed by atoms with E-state index in [1.165, 1.54) is 194 Å². The summed E-state index contributed by atoms with van der Waals surface area (Å²) >= 11 is 0. The first-order valence-electron chi connectivity index (χ1n) is 26.9. The van der Waals surface area contributed by atoms with Crippen molar-refractivity contribution in [3.05, 3.63) is 0 Å². The van der Waals surface area contributed by atoms with Crippen LogP contribution in [0.4, 0.5) is 0 Å². The molecule has 2 unspecified atom stereocenters. The molecule has 1 rings (SSSR count). The lowest BCUT2D eigenvalue weighted by Gasteiger charge is -2.32. The summed E-state index contributed by atoms with van der Waals surface area (Å²) in [6.45, 7) is 19.8. The first-order valence-corrected chi connectivity index (χ1v) is 26.9. The van der Waals surface area contributed by atoms with Gasteiger partial charge in [-0.25, -0.2) is 0 Å². The van der Waals surface area contributed by atoms with Crippen LogP contribution in [0.3, 0.4) is 0 Å². The van der Waals surface area contributed by atoms with Gasteiger partial charge in [0.15, 0.2) is 0 Å². The Morgan fingerprint density at radius 1 is 0.417 bits per heavy atom. The van der Waals surface area contributed by atoms with Crippen molar-refractivity contribution in [1.29, 1.82) is 0 Å². The van der Waals surface area contributed by atoms with E-state index in [1.807, 2.05) is 0 Å². The van der Waals surface area contributed by atoms with Gasteiger partial charge in [-0.1, -0.05) is 182 Å². The topological polar surface area (TPSA) is 62.3 Å². The Labute approximate surface area is 375 Å². The monoisotopic (exact) mass is 848 g/mol. The standard InChI is InChI=1S/C53H105N3O4/c1-6-10-14-18-20-28-38-50(36-26-16-12-8-3)52(57)59-48-34-24-22-30-40-55(42-32-33-43-56-46-44-54(5)45-47-56)41-31-23-25-35-49-60-53(58)51(37-27-17-13-9-4)39-29-21-19-15-11-7-2/h50-51H,6-49H2,1-5H3. The molecule has 1 heterocycles. The largest absolute Gasteiger partial charge is 0.465 e. The maximum Gasteiger partial charge on any atom is 0.308 e. The lowest BCUT2D eigenvalue weighted by molar-refractivity contribution is -0.150. The number of rotatable bonds is 45. The summed E-state index contributed by atoms with van der Waals surface area (Å²) in [7, 11) is 2.24. The molecule has 1 aliphatic rings. The normalized spacial score (nSPS) is 14.8. The van der Waals surface area contributed by atoms with E-state index in [0.717, 1.165) is 77.0 Å². The minimum absolute atomic E-state index is 0.0754. The van der Waals surface area contributed by atoms with Gasteiger partial charge in [-0.05, 0) is 97.4 Å². The van der Waals surface area contributed by atoms with Gasteiger partial charge < -0.3 is 24.2 Å². The molecule has 2 atom stereocenters. The first-order chi connectivity index (χ1) is 29.4. The number of hydrogen-bond acceptors (Lipinski definition) is 7. The quantitative estimate of drug-likeness (QED) is 0.0447. The highest BCUT2D eigenvalue weighted by Crippen LogP contribution is 2.22. The lowest BCUT2D eigenvalue weighted by Crippen LogP contribution is -2.44. The number of likely N-dealkylation sites (N-methyl/N-ethyl adjacent to an activating group) is 1. The predicted molar refractivity (Wildman–Crippen MR) is 259 cm³/mol. The maximum absolute atomic E-state index is 13.1. The summed E-state index contributed by atoms with van der Waals surface area (Å²) in [5.74, 6) is 0.355. The van der Waals surface area contributed by atoms with Gasteiger partial charge in [0.25, 0.3) is 0 Å². The third-order valence-corrected chi connectivity index (χ3v) is 13.3. The molecule has 1 saturated heterocycles. The summed E-state index contributed by atoms with van der Waals surface area (Å²) in [5.41, 5.74) is 0. The van der Waals surface area contributed by atoms with Crippen LogP contribution in [0, 0.1) is 11.8 Å². The van der Waals surface area contributed by atoms with Crippen LogP contribution in [0.25, 0.3) is 0 Å². The van der Waals surface area contributed by atoms with Crippen molar-refractivity contribution in [3.8, 4) is 0 Å². The Morgan fingerprint density at radius 2 is 0.733 bits per heavy atom. The maximum atomic E-state index is 13.1. The molecule has 7 heteroatoms. The van der Waals surface area contributed by atoms with Crippen LogP contribution >= 0.6 is 0 Å². The third-order valence-electron chi connectivity index (χ3n) is 13.3. The Balaban J connectivity index is 2.43. The highest BCUT2D eigenvalue weighted by molar-refractivity contribution is 5.72. The van der Waals surface area contributed by atoms with E-state index in [2.05, 4.69) is 49.4 Å². The van der Waals surface area contributed by atoms with Crippen molar-refractivity contribution in [2.24, 2.45) is 11.8 Å². The summed E-state index contributed by atoms with van der Waals surface area (Å²) in [5, 5.41) is 0. The molecule has 0 amide bonds. The fourth-order valence-electron chi connectivity index (χ4n) is 8.98. The summed E-state index contributed by atoms with van der Waals surface area (Å²) < 4.78 is 11.8. The first kappa shape index (κ1) is 56.8. The molecular weight excluding hydrogens is 743 g/mol. The molecule has 0 radical (unpaired) electrons. The van der Waals surface area contributed by atoms with Crippen LogP contribution in [0.2, 0.25) is 0 Å². The molecule has 356 valence electrons. The van der Waals surface area contributed by atoms with Crippen molar-refractivity contribution in [3.63, 3.8) is 0 Å². The Morgan fingerprint density at radius 3 is 1.13 bits per heavy atom. The van der Waals surface area contributed by atoms with Gasteiger partial charge in [-0.15, -0.1) is 0 Å². The number of esters is 2. The molecular formula is C53H105N3O4. The van der Waals surface area contributed by atoms with Crippen LogP contribution in [0.5, 0.6) is 0 Å². The SMILES string of the molecule is CCCCCCCCC(CCCCCC)C(=O)OCCCCCCN(CCCCCCOC(=O)C(CCCCCC)CCCCCCCC)CCCCN1CCN(C)CC1. The second kappa shape index (κ2) is 43.1. The smallest absolute Gasteiger partial charge is 0.308 e. The number of unbranched alkanes of at least 4 members (excludes halogenated alkanes) is 23. The molecule has 0 aromatic rings. The molecule has 0 aromatic carbocycles. The van der Waals surface area contributed by atoms with E-state index in [4.69, 9.17) is 9.47 Å². The number of ether oxygens (including phenoxy) is 2. The molecule has 0 spiro atoms. The second-order valence-corrected chi connectivity index (χ2v) is 19.1. The second-order valence-electron chi connectivity index (χ2n) is 19.1. The molecule has 0 aromatic heterocycles. The van der Waals surface area contributed by atoms with Crippen molar-refractivity contribution in [2.75, 3.05) is 72.6 Å². The molecule has 0 N–H and O–H groups in total. The van der Waals surface area contributed by atoms with Crippen molar-refractivity contribution >= 4 is 11.9 Å². The molecule has 0 bridgehead atoms. The van der Waals surface area contributed by atoms with E-state index >= 15 is 0 Å². The van der Waals surface area contributed by atoms with Gasteiger partial charge in [0.1, 0.15) is 0 Å². The Hall–Kier alpha value is -1.18. The average Bonchev–Trinajstić information content (AvgIpc) is 3.25. The van der Waals surface area contributed by atoms with E-state index in [1.54, 1.807) is 0 Å². The Bertz CT molecular complexity index is 868. The van der Waals surface area contributed by atoms with Gasteiger partial charge in [-0.3, -0.25) is 9.59 Å². The number of nitrogens with zero attached hydrogens (tertiary/aromatic N) is 3. The van der Waals surface area contributed by atoms with Gasteiger partial charge in [0.05, 0.1) is 25.0 Å². The summed E-state index contributed by atoms with van der Waals surface area (Å²) in [4.78, 5) is 34.0. The summed E-state index contributed by atoms with van der Waals surface area (Å²) in [6.07, 6.45) is 40.8. The van der Waals surface area contributed by atoms with Gasteiger partial charge in [0.2, 0.25) is 0 Å².